The number of alkyl halides is 3. The molecule has 30 heavy (non-hydrogen) atoms. The predicted molar refractivity (Wildman–Crippen MR) is 107 cm³/mol. The maximum Gasteiger partial charge on any atom is 0.422 e. The van der Waals surface area contributed by atoms with E-state index in [4.69, 9.17) is 9.47 Å². The van der Waals surface area contributed by atoms with Crippen molar-refractivity contribution in [3.05, 3.63) is 24.3 Å². The molecule has 1 aromatic rings. The lowest BCUT2D eigenvalue weighted by atomic mass is 9.68. The molecule has 0 atom stereocenters. The highest BCUT2D eigenvalue weighted by Crippen LogP contribution is 2.48. The van der Waals surface area contributed by atoms with E-state index in [0.717, 1.165) is 12.8 Å². The standard InChI is InChI=1S/C22H30F3NO4/c1-2-3-14-29-15-21(28)10-8-20(9-11-21)12-13-26(19(20)27)17-4-6-18(7-5-17)30-16-22(23,24)25/h4-7,28H,2-3,8-16H2,1H3/t20-,21-. The molecule has 1 aromatic carbocycles. The monoisotopic (exact) mass is 429 g/mol. The number of carbonyl (C=O) groups is 1. The second-order valence-electron chi connectivity index (χ2n) is 8.52. The number of rotatable bonds is 8. The van der Waals surface area contributed by atoms with Crippen LogP contribution in [0.15, 0.2) is 24.3 Å². The van der Waals surface area contributed by atoms with Crippen molar-refractivity contribution in [3.8, 4) is 5.75 Å². The van der Waals surface area contributed by atoms with Gasteiger partial charge in [-0.3, -0.25) is 4.79 Å². The van der Waals surface area contributed by atoms with E-state index in [-0.39, 0.29) is 11.7 Å². The molecule has 5 nitrogen and oxygen atoms in total. The predicted octanol–water partition coefficient (Wildman–Crippen LogP) is 4.47. The molecule has 1 saturated heterocycles. The first-order chi connectivity index (χ1) is 14.2. The molecule has 2 aliphatic rings. The number of anilines is 1. The first-order valence-electron chi connectivity index (χ1n) is 10.6. The van der Waals surface area contributed by atoms with Gasteiger partial charge in [0, 0.05) is 18.8 Å². The van der Waals surface area contributed by atoms with Gasteiger partial charge < -0.3 is 19.5 Å². The Morgan fingerprint density at radius 1 is 1.10 bits per heavy atom. The zero-order chi connectivity index (χ0) is 21.8. The Labute approximate surface area is 175 Å². The summed E-state index contributed by atoms with van der Waals surface area (Å²) in [6.45, 7) is 2.25. The Hall–Kier alpha value is -1.80. The molecule has 1 aliphatic heterocycles. The molecule has 1 amide bonds. The van der Waals surface area contributed by atoms with Crippen LogP contribution in [0, 0.1) is 5.41 Å². The second kappa shape index (κ2) is 9.14. The molecular formula is C22H30F3NO4. The van der Waals surface area contributed by atoms with Gasteiger partial charge in [-0.2, -0.15) is 13.2 Å². The number of aliphatic hydroxyl groups is 1. The molecule has 0 bridgehead atoms. The molecule has 0 aromatic heterocycles. The minimum Gasteiger partial charge on any atom is -0.484 e. The highest BCUT2D eigenvalue weighted by molar-refractivity contribution is 6.00. The topological polar surface area (TPSA) is 59.0 Å². The van der Waals surface area contributed by atoms with E-state index in [1.807, 2.05) is 0 Å². The number of hydrogen-bond donors (Lipinski definition) is 1. The average Bonchev–Trinajstić information content (AvgIpc) is 3.03. The van der Waals surface area contributed by atoms with Crippen LogP contribution in [0.25, 0.3) is 0 Å². The van der Waals surface area contributed by atoms with Crippen LogP contribution >= 0.6 is 0 Å². The van der Waals surface area contributed by atoms with Crippen molar-refractivity contribution >= 4 is 11.6 Å². The highest BCUT2D eigenvalue weighted by Gasteiger charge is 2.51. The van der Waals surface area contributed by atoms with Crippen LogP contribution in [0.2, 0.25) is 0 Å². The largest absolute Gasteiger partial charge is 0.484 e. The molecule has 8 heteroatoms. The first-order valence-corrected chi connectivity index (χ1v) is 10.6. The Bertz CT molecular complexity index is 712. The van der Waals surface area contributed by atoms with Crippen molar-refractivity contribution in [1.29, 1.82) is 0 Å². The molecular weight excluding hydrogens is 399 g/mol. The number of benzene rings is 1. The van der Waals surface area contributed by atoms with Crippen LogP contribution in [0.3, 0.4) is 0 Å². The molecule has 0 radical (unpaired) electrons. The molecule has 3 rings (SSSR count). The van der Waals surface area contributed by atoms with Crippen LogP contribution in [0.1, 0.15) is 51.9 Å². The molecule has 2 fully saturated rings. The number of hydrogen-bond acceptors (Lipinski definition) is 4. The summed E-state index contributed by atoms with van der Waals surface area (Å²) in [6.07, 6.45) is 0.622. The Kier molecular flexibility index (Phi) is 6.97. The van der Waals surface area contributed by atoms with Crippen molar-refractivity contribution in [3.63, 3.8) is 0 Å². The van der Waals surface area contributed by atoms with E-state index in [2.05, 4.69) is 6.92 Å². The van der Waals surface area contributed by atoms with Crippen LogP contribution in [0.4, 0.5) is 18.9 Å². The molecule has 168 valence electrons. The van der Waals surface area contributed by atoms with Crippen LogP contribution in [-0.4, -0.2) is 49.2 Å². The summed E-state index contributed by atoms with van der Waals surface area (Å²) in [4.78, 5) is 14.9. The summed E-state index contributed by atoms with van der Waals surface area (Å²) in [6, 6.07) is 6.13. The van der Waals surface area contributed by atoms with Gasteiger partial charge in [-0.1, -0.05) is 13.3 Å². The number of amides is 1. The Morgan fingerprint density at radius 3 is 2.37 bits per heavy atom. The lowest BCUT2D eigenvalue weighted by Crippen LogP contribution is -2.45. The van der Waals surface area contributed by atoms with Crippen molar-refractivity contribution < 1.29 is 32.5 Å². The summed E-state index contributed by atoms with van der Waals surface area (Å²) in [7, 11) is 0. The molecule has 1 N–H and O–H groups in total. The lowest BCUT2D eigenvalue weighted by Gasteiger charge is -2.40. The van der Waals surface area contributed by atoms with Crippen molar-refractivity contribution in [2.24, 2.45) is 5.41 Å². The Morgan fingerprint density at radius 2 is 1.77 bits per heavy atom. The third-order valence-electron chi connectivity index (χ3n) is 6.21. The fourth-order valence-corrected chi connectivity index (χ4v) is 4.27. The SMILES string of the molecule is CCCCOC[C@]1(O)CC[C@@]2(CCN(c3ccc(OCC(F)(F)F)cc3)C2=O)CC1. The fraction of sp³-hybridized carbons (Fsp3) is 0.682. The summed E-state index contributed by atoms with van der Waals surface area (Å²) < 4.78 is 47.2. The zero-order valence-electron chi connectivity index (χ0n) is 17.3. The van der Waals surface area contributed by atoms with Gasteiger partial charge in [-0.25, -0.2) is 0 Å². The third kappa shape index (κ3) is 5.46. The van der Waals surface area contributed by atoms with E-state index in [0.29, 0.717) is 57.6 Å². The molecule has 0 unspecified atom stereocenters. The van der Waals surface area contributed by atoms with Crippen molar-refractivity contribution in [1.82, 2.24) is 0 Å². The van der Waals surface area contributed by atoms with E-state index in [1.165, 1.54) is 12.1 Å². The van der Waals surface area contributed by atoms with Crippen LogP contribution < -0.4 is 9.64 Å². The van der Waals surface area contributed by atoms with Gasteiger partial charge in [-0.15, -0.1) is 0 Å². The fourth-order valence-electron chi connectivity index (χ4n) is 4.27. The normalized spacial score (nSPS) is 27.1. The molecule has 1 aliphatic carbocycles. The van der Waals surface area contributed by atoms with E-state index in [1.54, 1.807) is 17.0 Å². The average molecular weight is 429 g/mol. The number of unbranched alkanes of at least 4 members (excludes halogenated alkanes) is 1. The summed E-state index contributed by atoms with van der Waals surface area (Å²) in [5.41, 5.74) is -0.689. The minimum absolute atomic E-state index is 0.0282. The van der Waals surface area contributed by atoms with Gasteiger partial charge in [0.2, 0.25) is 5.91 Å². The molecule has 1 heterocycles. The molecule has 1 saturated carbocycles. The molecule has 1 spiro atoms. The second-order valence-corrected chi connectivity index (χ2v) is 8.52. The Balaban J connectivity index is 1.56. The van der Waals surface area contributed by atoms with E-state index in [9.17, 15) is 23.1 Å². The lowest BCUT2D eigenvalue weighted by molar-refractivity contribution is -0.153. The smallest absolute Gasteiger partial charge is 0.422 e. The van der Waals surface area contributed by atoms with Crippen LogP contribution in [0.5, 0.6) is 5.75 Å². The first kappa shape index (κ1) is 22.9. The van der Waals surface area contributed by atoms with Crippen molar-refractivity contribution in [2.45, 2.75) is 63.6 Å². The minimum atomic E-state index is -4.39. The summed E-state index contributed by atoms with van der Waals surface area (Å²) in [5.74, 6) is 0.142. The van der Waals surface area contributed by atoms with Crippen molar-refractivity contribution in [2.75, 3.05) is 31.3 Å². The van der Waals surface area contributed by atoms with E-state index >= 15 is 0 Å². The van der Waals surface area contributed by atoms with E-state index < -0.39 is 23.8 Å². The summed E-state index contributed by atoms with van der Waals surface area (Å²) in [5, 5.41) is 10.8. The maximum absolute atomic E-state index is 13.2. The van der Waals surface area contributed by atoms with Crippen LogP contribution in [-0.2, 0) is 9.53 Å². The highest BCUT2D eigenvalue weighted by atomic mass is 19.4. The van der Waals surface area contributed by atoms with Gasteiger partial charge in [0.15, 0.2) is 6.61 Å². The van der Waals surface area contributed by atoms with Gasteiger partial charge in [0.05, 0.1) is 17.6 Å². The number of ether oxygens (including phenoxy) is 2. The van der Waals surface area contributed by atoms with Gasteiger partial charge in [-0.05, 0) is 62.8 Å². The number of carbonyl (C=O) groups excluding carboxylic acids is 1. The summed E-state index contributed by atoms with van der Waals surface area (Å²) >= 11 is 0. The van der Waals surface area contributed by atoms with Gasteiger partial charge >= 0.3 is 6.18 Å². The maximum atomic E-state index is 13.2. The third-order valence-corrected chi connectivity index (χ3v) is 6.21. The zero-order valence-corrected chi connectivity index (χ0v) is 17.3. The quantitative estimate of drug-likeness (QED) is 0.620. The number of nitrogens with zero attached hydrogens (tertiary/aromatic N) is 1. The number of halogens is 3. The van der Waals surface area contributed by atoms with Gasteiger partial charge in [0.1, 0.15) is 5.75 Å². The van der Waals surface area contributed by atoms with Gasteiger partial charge in [0.25, 0.3) is 0 Å².